The number of carbonyl (C=O) groups is 1. The molecule has 2 rings (SSSR count). The molecule has 22 heavy (non-hydrogen) atoms. The summed E-state index contributed by atoms with van der Waals surface area (Å²) in [7, 11) is -3.13. The number of rotatable bonds is 3. The number of benzene rings is 1. The highest BCUT2D eigenvalue weighted by atomic mass is 32.2. The lowest BCUT2D eigenvalue weighted by Crippen LogP contribution is -2.47. The van der Waals surface area contributed by atoms with E-state index < -0.39 is 10.0 Å². The van der Waals surface area contributed by atoms with E-state index in [1.165, 1.54) is 10.6 Å². The van der Waals surface area contributed by atoms with E-state index in [4.69, 9.17) is 0 Å². The quantitative estimate of drug-likeness (QED) is 0.890. The molecule has 1 aliphatic heterocycles. The van der Waals surface area contributed by atoms with E-state index in [-0.39, 0.29) is 12.1 Å². The average molecular weight is 325 g/mol. The van der Waals surface area contributed by atoms with E-state index in [1.807, 2.05) is 32.0 Å². The molecule has 1 aliphatic rings. The molecule has 1 aromatic carbocycles. The average Bonchev–Trinajstić information content (AvgIpc) is 2.36. The molecule has 2 amide bonds. The van der Waals surface area contributed by atoms with Crippen LogP contribution in [0.4, 0.5) is 10.5 Å². The first-order valence-electron chi connectivity index (χ1n) is 7.35. The van der Waals surface area contributed by atoms with Gasteiger partial charge in [0.25, 0.3) is 0 Å². The van der Waals surface area contributed by atoms with Crippen LogP contribution in [0.1, 0.15) is 24.0 Å². The molecule has 0 aliphatic carbocycles. The van der Waals surface area contributed by atoms with Crippen molar-refractivity contribution < 1.29 is 13.2 Å². The molecule has 0 saturated carbocycles. The molecule has 0 unspecified atom stereocenters. The minimum Gasteiger partial charge on any atom is -0.335 e. The maximum atomic E-state index is 12.0. The van der Waals surface area contributed by atoms with Crippen LogP contribution in [-0.4, -0.2) is 44.1 Å². The van der Waals surface area contributed by atoms with Gasteiger partial charge in [-0.25, -0.2) is 17.5 Å². The molecule has 2 N–H and O–H groups in total. The molecule has 0 aromatic heterocycles. The molecule has 6 nitrogen and oxygen atoms in total. The number of aryl methyl sites for hydroxylation is 2. The monoisotopic (exact) mass is 325 g/mol. The van der Waals surface area contributed by atoms with Gasteiger partial charge in [0.15, 0.2) is 0 Å². The third-order valence-electron chi connectivity index (χ3n) is 3.74. The molecule has 0 atom stereocenters. The molecular formula is C15H23N3O3S. The number of hydrogen-bond acceptors (Lipinski definition) is 3. The summed E-state index contributed by atoms with van der Waals surface area (Å²) in [5.74, 6) is 0. The van der Waals surface area contributed by atoms with Crippen molar-refractivity contribution in [2.24, 2.45) is 0 Å². The maximum absolute atomic E-state index is 12.0. The van der Waals surface area contributed by atoms with Crippen LogP contribution in [0, 0.1) is 13.8 Å². The van der Waals surface area contributed by atoms with Crippen LogP contribution in [0.15, 0.2) is 18.2 Å². The molecule has 1 heterocycles. The van der Waals surface area contributed by atoms with Crippen molar-refractivity contribution in [3.63, 3.8) is 0 Å². The highest BCUT2D eigenvalue weighted by Gasteiger charge is 2.25. The zero-order valence-electron chi connectivity index (χ0n) is 13.2. The van der Waals surface area contributed by atoms with Crippen LogP contribution < -0.4 is 10.6 Å². The lowest BCUT2D eigenvalue weighted by atomic mass is 10.1. The lowest BCUT2D eigenvalue weighted by molar-refractivity contribution is 0.238. The minimum atomic E-state index is -3.13. The summed E-state index contributed by atoms with van der Waals surface area (Å²) in [4.78, 5) is 12.0. The fraction of sp³-hybridized carbons (Fsp3) is 0.533. The van der Waals surface area contributed by atoms with E-state index in [0.717, 1.165) is 16.8 Å². The number of nitrogens with zero attached hydrogens (tertiary/aromatic N) is 1. The summed E-state index contributed by atoms with van der Waals surface area (Å²) < 4.78 is 24.3. The first-order valence-corrected chi connectivity index (χ1v) is 9.20. The fourth-order valence-corrected chi connectivity index (χ4v) is 3.61. The highest BCUT2D eigenvalue weighted by Crippen LogP contribution is 2.15. The molecule has 7 heteroatoms. The normalized spacial score (nSPS) is 17.2. The Hall–Kier alpha value is -1.60. The Balaban J connectivity index is 1.86. The van der Waals surface area contributed by atoms with Crippen LogP contribution >= 0.6 is 0 Å². The number of anilines is 1. The second-order valence-corrected chi connectivity index (χ2v) is 7.89. The Bertz CT molecular complexity index is 630. The fourth-order valence-electron chi connectivity index (χ4n) is 2.73. The second kappa shape index (κ2) is 6.66. The van der Waals surface area contributed by atoms with Crippen molar-refractivity contribution in [1.29, 1.82) is 0 Å². The van der Waals surface area contributed by atoms with Gasteiger partial charge in [-0.05, 0) is 49.9 Å². The van der Waals surface area contributed by atoms with E-state index in [1.54, 1.807) is 0 Å². The van der Waals surface area contributed by atoms with Gasteiger partial charge in [-0.1, -0.05) is 6.07 Å². The van der Waals surface area contributed by atoms with Crippen LogP contribution in [0.2, 0.25) is 0 Å². The zero-order chi connectivity index (χ0) is 16.3. The number of sulfonamides is 1. The smallest absolute Gasteiger partial charge is 0.319 e. The molecule has 122 valence electrons. The van der Waals surface area contributed by atoms with Crippen molar-refractivity contribution in [1.82, 2.24) is 9.62 Å². The predicted molar refractivity (Wildman–Crippen MR) is 87.5 cm³/mol. The molecule has 0 radical (unpaired) electrons. The maximum Gasteiger partial charge on any atom is 0.319 e. The van der Waals surface area contributed by atoms with Crippen LogP contribution in [0.5, 0.6) is 0 Å². The number of nitrogens with one attached hydrogen (secondary N) is 2. The van der Waals surface area contributed by atoms with Gasteiger partial charge in [-0.3, -0.25) is 0 Å². The first kappa shape index (κ1) is 16.8. The number of hydrogen-bond donors (Lipinski definition) is 2. The zero-order valence-corrected chi connectivity index (χ0v) is 14.0. The van der Waals surface area contributed by atoms with Crippen molar-refractivity contribution in [3.05, 3.63) is 29.3 Å². The number of carbonyl (C=O) groups excluding carboxylic acids is 1. The molecule has 1 fully saturated rings. The molecule has 1 aromatic rings. The Morgan fingerprint density at radius 2 is 1.68 bits per heavy atom. The third-order valence-corrected chi connectivity index (χ3v) is 5.04. The largest absolute Gasteiger partial charge is 0.335 e. The summed E-state index contributed by atoms with van der Waals surface area (Å²) in [5.41, 5.74) is 2.96. The van der Waals surface area contributed by atoms with Gasteiger partial charge in [-0.2, -0.15) is 0 Å². The summed E-state index contributed by atoms with van der Waals surface area (Å²) in [6.07, 6.45) is 2.48. The summed E-state index contributed by atoms with van der Waals surface area (Å²) in [6, 6.07) is 5.63. The van der Waals surface area contributed by atoms with E-state index in [0.29, 0.717) is 25.9 Å². The highest BCUT2D eigenvalue weighted by molar-refractivity contribution is 7.88. The second-order valence-electron chi connectivity index (χ2n) is 5.91. The molecule has 0 bridgehead atoms. The minimum absolute atomic E-state index is 0.00362. The summed E-state index contributed by atoms with van der Waals surface area (Å²) >= 11 is 0. The molecular weight excluding hydrogens is 302 g/mol. The number of piperidine rings is 1. The van der Waals surface area contributed by atoms with Crippen molar-refractivity contribution in [2.45, 2.75) is 32.7 Å². The number of urea groups is 1. The van der Waals surface area contributed by atoms with E-state index in [2.05, 4.69) is 10.6 Å². The Morgan fingerprint density at radius 1 is 1.14 bits per heavy atom. The topological polar surface area (TPSA) is 78.5 Å². The molecule has 0 spiro atoms. The van der Waals surface area contributed by atoms with Gasteiger partial charge in [0.05, 0.1) is 6.26 Å². The van der Waals surface area contributed by atoms with Gasteiger partial charge in [0.2, 0.25) is 10.0 Å². The van der Waals surface area contributed by atoms with Gasteiger partial charge in [-0.15, -0.1) is 0 Å². The van der Waals surface area contributed by atoms with Gasteiger partial charge < -0.3 is 10.6 Å². The number of amides is 2. The Kier molecular flexibility index (Phi) is 5.08. The van der Waals surface area contributed by atoms with Gasteiger partial charge in [0.1, 0.15) is 0 Å². The SMILES string of the molecule is Cc1cc(C)cc(NC(=O)NC2CCN(S(C)(=O)=O)CC2)c1. The Morgan fingerprint density at radius 3 is 2.18 bits per heavy atom. The van der Waals surface area contributed by atoms with Crippen molar-refractivity contribution in [3.8, 4) is 0 Å². The van der Waals surface area contributed by atoms with Crippen LogP contribution in [0.3, 0.4) is 0 Å². The summed E-state index contributed by atoms with van der Waals surface area (Å²) in [6.45, 7) is 4.87. The van der Waals surface area contributed by atoms with Gasteiger partial charge in [0, 0.05) is 24.8 Å². The standard InChI is InChI=1S/C15H23N3O3S/c1-11-8-12(2)10-14(9-11)17-15(19)16-13-4-6-18(7-5-13)22(3,20)21/h8-10,13H,4-7H2,1-3H3,(H2,16,17,19). The van der Waals surface area contributed by atoms with Crippen molar-refractivity contribution in [2.75, 3.05) is 24.7 Å². The summed E-state index contributed by atoms with van der Waals surface area (Å²) in [5, 5.41) is 5.74. The van der Waals surface area contributed by atoms with E-state index in [9.17, 15) is 13.2 Å². The third kappa shape index (κ3) is 4.71. The first-order chi connectivity index (χ1) is 10.2. The van der Waals surface area contributed by atoms with Crippen LogP contribution in [0.25, 0.3) is 0 Å². The van der Waals surface area contributed by atoms with Crippen molar-refractivity contribution >= 4 is 21.7 Å². The van der Waals surface area contributed by atoms with E-state index >= 15 is 0 Å². The van der Waals surface area contributed by atoms with Gasteiger partial charge >= 0.3 is 6.03 Å². The Labute approximate surface area is 131 Å². The van der Waals surface area contributed by atoms with Crippen LogP contribution in [-0.2, 0) is 10.0 Å². The lowest BCUT2D eigenvalue weighted by Gasteiger charge is -2.30. The molecule has 1 saturated heterocycles. The predicted octanol–water partition coefficient (Wildman–Crippen LogP) is 1.85.